The molecule has 1 atom stereocenters. The van der Waals surface area contributed by atoms with Crippen LogP contribution in [0, 0.1) is 5.82 Å². The fraction of sp³-hybridized carbons (Fsp3) is 0.417. The van der Waals surface area contributed by atoms with Crippen molar-refractivity contribution in [1.29, 1.82) is 0 Å². The van der Waals surface area contributed by atoms with Gasteiger partial charge in [-0.1, -0.05) is 24.6 Å². The van der Waals surface area contributed by atoms with E-state index in [4.69, 9.17) is 23.2 Å². The summed E-state index contributed by atoms with van der Waals surface area (Å²) in [6.45, 7) is 2.43. The van der Waals surface area contributed by atoms with Gasteiger partial charge in [0.15, 0.2) is 0 Å². The van der Waals surface area contributed by atoms with E-state index in [9.17, 15) is 9.18 Å². The third kappa shape index (κ3) is 4.17. The summed E-state index contributed by atoms with van der Waals surface area (Å²) in [5.74, 6) is -0.974. The number of rotatable bonds is 5. The Morgan fingerprint density at radius 2 is 2.24 bits per heavy atom. The molecule has 1 unspecified atom stereocenters. The Labute approximate surface area is 110 Å². The molecule has 17 heavy (non-hydrogen) atoms. The maximum absolute atomic E-state index is 13.1. The molecule has 0 saturated carbocycles. The summed E-state index contributed by atoms with van der Waals surface area (Å²) in [7, 11) is 0. The molecule has 1 rings (SSSR count). The molecular formula is C12H14Cl2FNO. The van der Waals surface area contributed by atoms with Gasteiger partial charge in [0.2, 0.25) is 0 Å². The second kappa shape index (κ2) is 6.82. The van der Waals surface area contributed by atoms with E-state index in [1.807, 2.05) is 6.92 Å². The molecule has 0 aromatic heterocycles. The quantitative estimate of drug-likeness (QED) is 0.819. The fourth-order valence-electron chi connectivity index (χ4n) is 1.32. The molecule has 0 fully saturated rings. The van der Waals surface area contributed by atoms with Crippen LogP contribution in [0.5, 0.6) is 0 Å². The van der Waals surface area contributed by atoms with E-state index in [1.165, 1.54) is 18.2 Å². The highest BCUT2D eigenvalue weighted by atomic mass is 35.5. The standard InChI is InChI=1S/C12H14Cl2FNO/c1-2-8(13)6-7-16-12(17)9-4-3-5-10(15)11(9)14/h3-5,8H,2,6-7H2,1H3,(H,16,17). The maximum atomic E-state index is 13.1. The summed E-state index contributed by atoms with van der Waals surface area (Å²) in [6, 6.07) is 4.15. The van der Waals surface area contributed by atoms with E-state index in [2.05, 4.69) is 5.32 Å². The molecule has 0 saturated heterocycles. The molecule has 1 amide bonds. The summed E-state index contributed by atoms with van der Waals surface area (Å²) >= 11 is 11.6. The number of nitrogens with one attached hydrogen (secondary N) is 1. The third-order valence-corrected chi connectivity index (χ3v) is 3.29. The van der Waals surface area contributed by atoms with E-state index in [-0.39, 0.29) is 21.9 Å². The van der Waals surface area contributed by atoms with E-state index in [0.29, 0.717) is 13.0 Å². The van der Waals surface area contributed by atoms with Gasteiger partial charge in [0.1, 0.15) is 5.82 Å². The van der Waals surface area contributed by atoms with Crippen LogP contribution in [0.1, 0.15) is 30.1 Å². The van der Waals surface area contributed by atoms with Crippen LogP contribution in [-0.4, -0.2) is 17.8 Å². The van der Waals surface area contributed by atoms with Crippen molar-refractivity contribution in [2.24, 2.45) is 0 Å². The number of carbonyl (C=O) groups is 1. The largest absolute Gasteiger partial charge is 0.352 e. The Hall–Kier alpha value is -0.800. The van der Waals surface area contributed by atoms with Crippen LogP contribution in [-0.2, 0) is 0 Å². The molecule has 0 radical (unpaired) electrons. The Bertz CT molecular complexity index is 398. The number of amides is 1. The molecule has 0 heterocycles. The molecule has 0 aliphatic carbocycles. The summed E-state index contributed by atoms with van der Waals surface area (Å²) in [5.41, 5.74) is 0.147. The number of alkyl halides is 1. The Kier molecular flexibility index (Phi) is 5.72. The van der Waals surface area contributed by atoms with Crippen LogP contribution in [0.4, 0.5) is 4.39 Å². The average Bonchev–Trinajstić information content (AvgIpc) is 2.32. The van der Waals surface area contributed by atoms with Gasteiger partial charge in [-0.15, -0.1) is 11.6 Å². The zero-order chi connectivity index (χ0) is 12.8. The molecule has 1 aromatic carbocycles. The van der Waals surface area contributed by atoms with Crippen LogP contribution in [0.2, 0.25) is 5.02 Å². The smallest absolute Gasteiger partial charge is 0.252 e. The molecule has 1 N–H and O–H groups in total. The highest BCUT2D eigenvalue weighted by molar-refractivity contribution is 6.34. The van der Waals surface area contributed by atoms with Gasteiger partial charge < -0.3 is 5.32 Å². The van der Waals surface area contributed by atoms with Crippen LogP contribution >= 0.6 is 23.2 Å². The predicted molar refractivity (Wildman–Crippen MR) is 68.3 cm³/mol. The van der Waals surface area contributed by atoms with E-state index in [0.717, 1.165) is 6.42 Å². The first-order chi connectivity index (χ1) is 8.06. The monoisotopic (exact) mass is 277 g/mol. The first kappa shape index (κ1) is 14.3. The second-order valence-electron chi connectivity index (χ2n) is 3.65. The molecule has 94 valence electrons. The summed E-state index contributed by atoms with van der Waals surface area (Å²) in [5, 5.41) is 2.55. The van der Waals surface area contributed by atoms with Gasteiger partial charge in [-0.2, -0.15) is 0 Å². The van der Waals surface area contributed by atoms with Crippen molar-refractivity contribution >= 4 is 29.1 Å². The van der Waals surface area contributed by atoms with Crippen molar-refractivity contribution in [3.05, 3.63) is 34.6 Å². The van der Waals surface area contributed by atoms with E-state index in [1.54, 1.807) is 0 Å². The molecular weight excluding hydrogens is 264 g/mol. The van der Waals surface area contributed by atoms with Crippen molar-refractivity contribution in [3.8, 4) is 0 Å². The van der Waals surface area contributed by atoms with Gasteiger partial charge in [-0.05, 0) is 25.0 Å². The van der Waals surface area contributed by atoms with Crippen molar-refractivity contribution in [1.82, 2.24) is 5.32 Å². The van der Waals surface area contributed by atoms with E-state index < -0.39 is 5.82 Å². The SMILES string of the molecule is CCC(Cl)CCNC(=O)c1cccc(F)c1Cl. The number of halogens is 3. The number of hydrogen-bond donors (Lipinski definition) is 1. The lowest BCUT2D eigenvalue weighted by atomic mass is 10.2. The first-order valence-electron chi connectivity index (χ1n) is 5.42. The lowest BCUT2D eigenvalue weighted by molar-refractivity contribution is 0.0953. The summed E-state index contributed by atoms with van der Waals surface area (Å²) < 4.78 is 13.1. The molecule has 1 aromatic rings. The van der Waals surface area contributed by atoms with Gasteiger partial charge in [-0.3, -0.25) is 4.79 Å². The topological polar surface area (TPSA) is 29.1 Å². The Morgan fingerprint density at radius 1 is 1.53 bits per heavy atom. The average molecular weight is 278 g/mol. The van der Waals surface area contributed by atoms with Gasteiger partial charge in [0, 0.05) is 11.9 Å². The lowest BCUT2D eigenvalue weighted by Gasteiger charge is -2.09. The van der Waals surface area contributed by atoms with E-state index >= 15 is 0 Å². The number of benzene rings is 1. The zero-order valence-corrected chi connectivity index (χ0v) is 11.0. The molecule has 0 aliphatic heterocycles. The molecule has 5 heteroatoms. The van der Waals surface area contributed by atoms with Crippen LogP contribution in [0.25, 0.3) is 0 Å². The summed E-state index contributed by atoms with van der Waals surface area (Å²) in [6.07, 6.45) is 1.52. The third-order valence-electron chi connectivity index (χ3n) is 2.38. The van der Waals surface area contributed by atoms with Gasteiger partial charge >= 0.3 is 0 Å². The Morgan fingerprint density at radius 3 is 2.88 bits per heavy atom. The molecule has 2 nitrogen and oxygen atoms in total. The first-order valence-corrected chi connectivity index (χ1v) is 6.24. The minimum atomic E-state index is -0.594. The van der Waals surface area contributed by atoms with Crippen molar-refractivity contribution in [2.45, 2.75) is 25.1 Å². The van der Waals surface area contributed by atoms with Gasteiger partial charge in [-0.25, -0.2) is 4.39 Å². The number of carbonyl (C=O) groups excluding carboxylic acids is 1. The van der Waals surface area contributed by atoms with Crippen molar-refractivity contribution < 1.29 is 9.18 Å². The second-order valence-corrected chi connectivity index (χ2v) is 4.65. The fourth-order valence-corrected chi connectivity index (χ4v) is 1.64. The minimum absolute atomic E-state index is 0.0401. The minimum Gasteiger partial charge on any atom is -0.352 e. The van der Waals surface area contributed by atoms with Crippen LogP contribution in [0.15, 0.2) is 18.2 Å². The molecule has 0 aliphatic rings. The lowest BCUT2D eigenvalue weighted by Crippen LogP contribution is -2.26. The highest BCUT2D eigenvalue weighted by Crippen LogP contribution is 2.19. The Balaban J connectivity index is 2.56. The highest BCUT2D eigenvalue weighted by Gasteiger charge is 2.13. The van der Waals surface area contributed by atoms with Crippen LogP contribution < -0.4 is 5.32 Å². The zero-order valence-electron chi connectivity index (χ0n) is 9.47. The van der Waals surface area contributed by atoms with Gasteiger partial charge in [0.05, 0.1) is 10.6 Å². The van der Waals surface area contributed by atoms with Crippen molar-refractivity contribution in [3.63, 3.8) is 0 Å². The number of hydrogen-bond acceptors (Lipinski definition) is 1. The molecule has 0 spiro atoms. The van der Waals surface area contributed by atoms with Crippen LogP contribution in [0.3, 0.4) is 0 Å². The van der Waals surface area contributed by atoms with Crippen molar-refractivity contribution in [2.75, 3.05) is 6.54 Å². The predicted octanol–water partition coefficient (Wildman–Crippen LogP) is 3.62. The summed E-state index contributed by atoms with van der Waals surface area (Å²) in [4.78, 5) is 11.7. The normalized spacial score (nSPS) is 12.2. The maximum Gasteiger partial charge on any atom is 0.252 e. The van der Waals surface area contributed by atoms with Gasteiger partial charge in [0.25, 0.3) is 5.91 Å². The molecule has 0 bridgehead atoms.